The van der Waals surface area contributed by atoms with Crippen LogP contribution >= 0.6 is 0 Å². The number of aliphatic hydroxyl groups is 1. The highest BCUT2D eigenvalue weighted by Crippen LogP contribution is 2.31. The van der Waals surface area contributed by atoms with Crippen molar-refractivity contribution < 1.29 is 9.50 Å². The van der Waals surface area contributed by atoms with E-state index in [1.54, 1.807) is 6.07 Å². The summed E-state index contributed by atoms with van der Waals surface area (Å²) in [6, 6.07) is 7.50. The lowest BCUT2D eigenvalue weighted by Crippen LogP contribution is -2.21. The molecule has 2 heteroatoms. The molecular formula is C10H11FO. The maximum Gasteiger partial charge on any atom is 0.130 e. The van der Waals surface area contributed by atoms with Gasteiger partial charge in [-0.05, 0) is 24.0 Å². The maximum atomic E-state index is 13.0. The molecule has 2 rings (SSSR count). The molecule has 1 nitrogen and oxygen atoms in total. The molecule has 0 radical (unpaired) electrons. The average molecular weight is 166 g/mol. The monoisotopic (exact) mass is 166 g/mol. The Morgan fingerprint density at radius 2 is 2.08 bits per heavy atom. The molecule has 64 valence electrons. The fourth-order valence-electron chi connectivity index (χ4n) is 1.70. The first-order valence-corrected chi connectivity index (χ1v) is 4.19. The molecule has 1 aromatic carbocycles. The van der Waals surface area contributed by atoms with Crippen molar-refractivity contribution in [2.45, 2.75) is 25.1 Å². The number of rotatable bonds is 0. The number of benzene rings is 1. The topological polar surface area (TPSA) is 20.2 Å². The third-order valence-electron chi connectivity index (χ3n) is 2.41. The first-order valence-electron chi connectivity index (χ1n) is 4.19. The van der Waals surface area contributed by atoms with Crippen LogP contribution in [0.5, 0.6) is 0 Å². The zero-order valence-corrected chi connectivity index (χ0v) is 6.70. The summed E-state index contributed by atoms with van der Waals surface area (Å²) >= 11 is 0. The van der Waals surface area contributed by atoms with Crippen LogP contribution in [0.4, 0.5) is 4.39 Å². The van der Waals surface area contributed by atoms with Crippen LogP contribution < -0.4 is 0 Å². The van der Waals surface area contributed by atoms with Gasteiger partial charge in [0.1, 0.15) is 12.3 Å². The minimum Gasteiger partial charge on any atom is -0.385 e. The molecule has 2 atom stereocenters. The Labute approximate surface area is 70.8 Å². The molecule has 0 spiro atoms. The molecule has 0 amide bonds. The van der Waals surface area contributed by atoms with E-state index in [4.69, 9.17) is 0 Å². The minimum absolute atomic E-state index is 0.443. The first kappa shape index (κ1) is 7.74. The average Bonchev–Trinajstić information content (AvgIpc) is 2.12. The van der Waals surface area contributed by atoms with Crippen LogP contribution in [-0.4, -0.2) is 11.3 Å². The molecule has 0 aromatic heterocycles. The van der Waals surface area contributed by atoms with Gasteiger partial charge in [0.15, 0.2) is 0 Å². The van der Waals surface area contributed by atoms with Crippen molar-refractivity contribution in [1.82, 2.24) is 0 Å². The Morgan fingerprint density at radius 1 is 1.33 bits per heavy atom. The molecular weight excluding hydrogens is 155 g/mol. The predicted molar refractivity (Wildman–Crippen MR) is 44.6 cm³/mol. The van der Waals surface area contributed by atoms with Crippen LogP contribution in [0.25, 0.3) is 0 Å². The van der Waals surface area contributed by atoms with Crippen molar-refractivity contribution in [3.05, 3.63) is 35.4 Å². The van der Waals surface area contributed by atoms with Crippen molar-refractivity contribution in [3.8, 4) is 0 Å². The zero-order valence-electron chi connectivity index (χ0n) is 6.70. The van der Waals surface area contributed by atoms with Gasteiger partial charge in [0.25, 0.3) is 0 Å². The van der Waals surface area contributed by atoms with Crippen molar-refractivity contribution in [3.63, 3.8) is 0 Å². The van der Waals surface area contributed by atoms with Crippen LogP contribution in [0.2, 0.25) is 0 Å². The number of hydrogen-bond acceptors (Lipinski definition) is 1. The highest BCUT2D eigenvalue weighted by atomic mass is 19.1. The molecule has 0 saturated heterocycles. The van der Waals surface area contributed by atoms with Gasteiger partial charge in [-0.15, -0.1) is 0 Å². The SMILES string of the molecule is O[C@@H]1c2ccccc2CC[C@H]1F. The Balaban J connectivity index is 2.42. The summed E-state index contributed by atoms with van der Waals surface area (Å²) in [5.74, 6) is 0. The third-order valence-corrected chi connectivity index (χ3v) is 2.41. The van der Waals surface area contributed by atoms with E-state index in [9.17, 15) is 9.50 Å². The number of aliphatic hydroxyl groups excluding tert-OH is 1. The number of fused-ring (bicyclic) bond motifs is 1. The van der Waals surface area contributed by atoms with E-state index in [0.29, 0.717) is 6.42 Å². The van der Waals surface area contributed by atoms with Crippen LogP contribution in [0.1, 0.15) is 23.7 Å². The van der Waals surface area contributed by atoms with Crippen molar-refractivity contribution in [1.29, 1.82) is 0 Å². The lowest BCUT2D eigenvalue weighted by molar-refractivity contribution is 0.0643. The van der Waals surface area contributed by atoms with Gasteiger partial charge in [-0.3, -0.25) is 0 Å². The Bertz CT molecular complexity index is 285. The molecule has 0 bridgehead atoms. The fraction of sp³-hybridized carbons (Fsp3) is 0.400. The number of hydrogen-bond donors (Lipinski definition) is 1. The van der Waals surface area contributed by atoms with Crippen molar-refractivity contribution >= 4 is 0 Å². The van der Waals surface area contributed by atoms with E-state index in [1.165, 1.54) is 0 Å². The smallest absolute Gasteiger partial charge is 0.130 e. The summed E-state index contributed by atoms with van der Waals surface area (Å²) < 4.78 is 13.0. The van der Waals surface area contributed by atoms with Gasteiger partial charge in [0, 0.05) is 0 Å². The van der Waals surface area contributed by atoms with E-state index in [0.717, 1.165) is 17.5 Å². The Hall–Kier alpha value is -0.890. The fourth-order valence-corrected chi connectivity index (χ4v) is 1.70. The van der Waals surface area contributed by atoms with Gasteiger partial charge < -0.3 is 5.11 Å². The van der Waals surface area contributed by atoms with Gasteiger partial charge in [0.05, 0.1) is 0 Å². The number of alkyl halides is 1. The first-order chi connectivity index (χ1) is 5.79. The standard InChI is InChI=1S/C10H11FO/c11-9-6-5-7-3-1-2-4-8(7)10(9)12/h1-4,9-10,12H,5-6H2/t9-,10-/m1/s1. The third kappa shape index (κ3) is 1.12. The molecule has 1 N–H and O–H groups in total. The second-order valence-corrected chi connectivity index (χ2v) is 3.20. The minimum atomic E-state index is -1.08. The lowest BCUT2D eigenvalue weighted by Gasteiger charge is -2.24. The van der Waals surface area contributed by atoms with E-state index in [1.807, 2.05) is 18.2 Å². The van der Waals surface area contributed by atoms with Gasteiger partial charge in [-0.25, -0.2) is 4.39 Å². The van der Waals surface area contributed by atoms with Gasteiger partial charge in [0.2, 0.25) is 0 Å². The lowest BCUT2D eigenvalue weighted by atomic mass is 9.88. The molecule has 0 saturated carbocycles. The summed E-state index contributed by atoms with van der Waals surface area (Å²) in [4.78, 5) is 0. The van der Waals surface area contributed by atoms with Crippen LogP contribution in [0.15, 0.2) is 24.3 Å². The van der Waals surface area contributed by atoms with Gasteiger partial charge in [-0.1, -0.05) is 24.3 Å². The summed E-state index contributed by atoms with van der Waals surface area (Å²) in [5, 5.41) is 9.45. The van der Waals surface area contributed by atoms with E-state index < -0.39 is 12.3 Å². The number of aryl methyl sites for hydroxylation is 1. The van der Waals surface area contributed by atoms with Crippen molar-refractivity contribution in [2.75, 3.05) is 0 Å². The van der Waals surface area contributed by atoms with Crippen LogP contribution in [-0.2, 0) is 6.42 Å². The second kappa shape index (κ2) is 2.87. The zero-order chi connectivity index (χ0) is 8.55. The highest BCUT2D eigenvalue weighted by molar-refractivity contribution is 5.32. The van der Waals surface area contributed by atoms with Gasteiger partial charge in [-0.2, -0.15) is 0 Å². The highest BCUT2D eigenvalue weighted by Gasteiger charge is 2.26. The summed E-state index contributed by atoms with van der Waals surface area (Å²) in [6.07, 6.45) is -0.804. The van der Waals surface area contributed by atoms with E-state index in [-0.39, 0.29) is 0 Å². The molecule has 0 aliphatic heterocycles. The Kier molecular flexibility index (Phi) is 1.85. The Morgan fingerprint density at radius 3 is 2.92 bits per heavy atom. The second-order valence-electron chi connectivity index (χ2n) is 3.20. The normalized spacial score (nSPS) is 28.2. The van der Waals surface area contributed by atoms with Crippen LogP contribution in [0.3, 0.4) is 0 Å². The van der Waals surface area contributed by atoms with Crippen LogP contribution in [0, 0.1) is 0 Å². The quantitative estimate of drug-likeness (QED) is 0.625. The summed E-state index contributed by atoms with van der Waals surface area (Å²) in [7, 11) is 0. The largest absolute Gasteiger partial charge is 0.385 e. The summed E-state index contributed by atoms with van der Waals surface area (Å²) in [5.41, 5.74) is 1.84. The molecule has 0 unspecified atom stereocenters. The predicted octanol–water partition coefficient (Wildman–Crippen LogP) is 2.00. The van der Waals surface area contributed by atoms with Gasteiger partial charge >= 0.3 is 0 Å². The molecule has 1 aromatic rings. The van der Waals surface area contributed by atoms with E-state index in [2.05, 4.69) is 0 Å². The molecule has 1 aliphatic rings. The molecule has 0 heterocycles. The van der Waals surface area contributed by atoms with Crippen molar-refractivity contribution in [2.24, 2.45) is 0 Å². The molecule has 0 fully saturated rings. The number of halogens is 1. The van der Waals surface area contributed by atoms with E-state index >= 15 is 0 Å². The molecule has 1 aliphatic carbocycles. The molecule has 12 heavy (non-hydrogen) atoms. The summed E-state index contributed by atoms with van der Waals surface area (Å²) in [6.45, 7) is 0. The maximum absolute atomic E-state index is 13.0.